The summed E-state index contributed by atoms with van der Waals surface area (Å²) in [5, 5.41) is 26.6. The lowest BCUT2D eigenvalue weighted by molar-refractivity contribution is -0.127. The van der Waals surface area contributed by atoms with Gasteiger partial charge in [-0.3, -0.25) is 28.8 Å². The first-order valence-electron chi connectivity index (χ1n) is 20.0. The topological polar surface area (TPSA) is 209 Å². The summed E-state index contributed by atoms with van der Waals surface area (Å²) in [6, 6.07) is 24.1. The van der Waals surface area contributed by atoms with Crippen molar-refractivity contribution in [1.82, 2.24) is 0 Å². The second kappa shape index (κ2) is 24.9. The lowest BCUT2D eigenvalue weighted by Gasteiger charge is -2.16. The van der Waals surface area contributed by atoms with Gasteiger partial charge in [-0.15, -0.1) is 34.8 Å². The summed E-state index contributed by atoms with van der Waals surface area (Å²) < 4.78 is 5.74. The molecular formula is C46H41Cl5N8O7. The highest BCUT2D eigenvalue weighted by Gasteiger charge is 2.27. The van der Waals surface area contributed by atoms with E-state index >= 15 is 0 Å². The Balaban J connectivity index is 1.27. The average Bonchev–Trinajstić information content (AvgIpc) is 3.28. The van der Waals surface area contributed by atoms with Crippen LogP contribution in [-0.2, 0) is 32.0 Å². The van der Waals surface area contributed by atoms with Gasteiger partial charge in [-0.1, -0.05) is 59.6 Å². The Kier molecular flexibility index (Phi) is 19.1. The zero-order valence-electron chi connectivity index (χ0n) is 35.2. The van der Waals surface area contributed by atoms with E-state index in [0.717, 1.165) is 25.0 Å². The molecule has 0 fully saturated rings. The average molecular weight is 995 g/mol. The van der Waals surface area contributed by atoms with E-state index in [4.69, 9.17) is 62.7 Å². The number of alkyl halides is 3. The van der Waals surface area contributed by atoms with E-state index in [1.165, 1.54) is 54.6 Å². The monoisotopic (exact) mass is 992 g/mol. The van der Waals surface area contributed by atoms with Crippen LogP contribution in [0, 0.1) is 0 Å². The summed E-state index contributed by atoms with van der Waals surface area (Å²) in [6.07, 6.45) is 1.35. The van der Waals surface area contributed by atoms with E-state index in [-0.39, 0.29) is 62.2 Å². The maximum absolute atomic E-state index is 13.5. The number of carbonyl (C=O) groups is 6. The van der Waals surface area contributed by atoms with Gasteiger partial charge < -0.3 is 26.0 Å². The van der Waals surface area contributed by atoms with Gasteiger partial charge in [0.25, 0.3) is 23.6 Å². The van der Waals surface area contributed by atoms with Crippen molar-refractivity contribution in [3.8, 4) is 5.75 Å². The normalized spacial score (nSPS) is 12.0. The number of hydrogen-bond acceptors (Lipinski definition) is 11. The Hall–Kier alpha value is -6.23. The van der Waals surface area contributed by atoms with Crippen molar-refractivity contribution in [2.24, 2.45) is 20.5 Å². The predicted molar refractivity (Wildman–Crippen MR) is 258 cm³/mol. The van der Waals surface area contributed by atoms with Crippen LogP contribution in [0.15, 0.2) is 124 Å². The molecule has 5 aromatic rings. The Morgan fingerprint density at radius 3 is 1.41 bits per heavy atom. The Bertz CT molecular complexity index is 2650. The molecule has 5 rings (SSSR count). The van der Waals surface area contributed by atoms with Crippen molar-refractivity contribution in [3.63, 3.8) is 0 Å². The van der Waals surface area contributed by atoms with Crippen LogP contribution in [0.2, 0.25) is 10.0 Å². The van der Waals surface area contributed by atoms with Crippen LogP contribution in [0.25, 0.3) is 0 Å². The van der Waals surface area contributed by atoms with E-state index in [0.29, 0.717) is 36.0 Å². The molecule has 0 aliphatic carbocycles. The van der Waals surface area contributed by atoms with E-state index < -0.39 is 47.3 Å². The highest BCUT2D eigenvalue weighted by Crippen LogP contribution is 2.33. The molecule has 15 nitrogen and oxygen atoms in total. The number of halogens is 5. The highest BCUT2D eigenvalue weighted by molar-refractivity contribution is 6.37. The van der Waals surface area contributed by atoms with E-state index in [1.807, 2.05) is 24.3 Å². The van der Waals surface area contributed by atoms with E-state index in [9.17, 15) is 28.8 Å². The first-order valence-corrected chi connectivity index (χ1v) is 22.4. The van der Waals surface area contributed by atoms with E-state index in [2.05, 4.69) is 41.7 Å². The second-order valence-electron chi connectivity index (χ2n) is 14.1. The van der Waals surface area contributed by atoms with Gasteiger partial charge >= 0.3 is 0 Å². The number of rotatable bonds is 21. The number of anilines is 4. The van der Waals surface area contributed by atoms with Crippen molar-refractivity contribution >= 4 is 127 Å². The molecule has 0 saturated heterocycles. The van der Waals surface area contributed by atoms with Crippen LogP contribution in [-0.4, -0.2) is 71.5 Å². The van der Waals surface area contributed by atoms with Crippen molar-refractivity contribution in [2.45, 2.75) is 38.8 Å². The predicted octanol–water partition coefficient (Wildman–Crippen LogP) is 11.0. The number of nitrogens with one attached hydrogen (secondary N) is 4. The third kappa shape index (κ3) is 14.1. The van der Waals surface area contributed by atoms with Crippen molar-refractivity contribution in [1.29, 1.82) is 0 Å². The number of aryl methyl sites for hydroxylation is 2. The lowest BCUT2D eigenvalue weighted by atomic mass is 10.1. The summed E-state index contributed by atoms with van der Waals surface area (Å²) in [6.45, 7) is 2.27. The quantitative estimate of drug-likeness (QED) is 0.0317. The number of carbonyl (C=O) groups excluding carboxylic acids is 6. The molecule has 66 heavy (non-hydrogen) atoms. The highest BCUT2D eigenvalue weighted by atomic mass is 35.5. The summed E-state index contributed by atoms with van der Waals surface area (Å²) in [7, 11) is 0. The molecule has 2 atom stereocenters. The minimum Gasteiger partial charge on any atom is -0.490 e. The minimum atomic E-state index is -1.66. The third-order valence-electron chi connectivity index (χ3n) is 9.31. The van der Waals surface area contributed by atoms with Crippen LogP contribution >= 0.6 is 58.0 Å². The lowest BCUT2D eigenvalue weighted by Crippen LogP contribution is -2.32. The molecule has 0 radical (unpaired) electrons. The summed E-state index contributed by atoms with van der Waals surface area (Å²) in [5.41, 5.74) is 3.46. The standard InChI is InChI=1S/C46H41Cl5N8O7/c1-26(60)41(58-56-36-7-3-5-33(39(36)50)43(62)52-30-13-9-28(10-14-30)19-21-47)45(64)54-32-17-18-35(38(25-32)66-24-23-49)55-46(65)42(27(2)61)59-57-37-8-4-6-34(40(37)51)44(63)53-31-15-11-29(12-16-31)20-22-48/h3-18,25,41-42H,19-24H2,1-2H3,(H,52,62)(H,53,63)(H,54,64)(H,55,65). The molecule has 0 aliphatic heterocycles. The molecule has 0 spiro atoms. The van der Waals surface area contributed by atoms with Gasteiger partial charge in [-0.05, 0) is 98.5 Å². The van der Waals surface area contributed by atoms with Gasteiger partial charge in [0.15, 0.2) is 11.6 Å². The number of ketones is 2. The number of nitrogens with zero attached hydrogens (tertiary/aromatic N) is 4. The molecule has 0 heterocycles. The molecular weight excluding hydrogens is 954 g/mol. The number of benzene rings is 5. The molecule has 2 unspecified atom stereocenters. The molecule has 20 heteroatoms. The molecule has 4 amide bonds. The molecule has 342 valence electrons. The van der Waals surface area contributed by atoms with Crippen molar-refractivity contribution in [2.75, 3.05) is 45.5 Å². The fourth-order valence-corrected chi connectivity index (χ4v) is 6.94. The van der Waals surface area contributed by atoms with Gasteiger partial charge in [-0.2, -0.15) is 20.5 Å². The van der Waals surface area contributed by atoms with Gasteiger partial charge in [0.05, 0.1) is 32.7 Å². The number of amides is 4. The van der Waals surface area contributed by atoms with E-state index in [1.54, 1.807) is 24.3 Å². The van der Waals surface area contributed by atoms with Gasteiger partial charge in [0.2, 0.25) is 12.1 Å². The molecule has 0 saturated carbocycles. The number of ether oxygens (including phenoxy) is 1. The molecule has 0 aliphatic rings. The molecule has 4 N–H and O–H groups in total. The van der Waals surface area contributed by atoms with Crippen LogP contribution in [0.1, 0.15) is 45.7 Å². The first-order chi connectivity index (χ1) is 31.7. The van der Waals surface area contributed by atoms with Crippen molar-refractivity contribution in [3.05, 3.63) is 135 Å². The van der Waals surface area contributed by atoms with Crippen LogP contribution in [0.5, 0.6) is 5.75 Å². The van der Waals surface area contributed by atoms with Gasteiger partial charge in [0, 0.05) is 34.9 Å². The Morgan fingerprint density at radius 2 is 0.985 bits per heavy atom. The molecule has 0 bridgehead atoms. The smallest absolute Gasteiger partial charge is 0.258 e. The SMILES string of the molecule is CC(=O)C(N=Nc1cccc(C(=O)Nc2ccc(CCCl)cc2)c1Cl)C(=O)Nc1ccc(NC(=O)C(N=Nc2cccc(C(=O)Nc3ccc(CCCl)cc3)c2Cl)C(C)=O)c(OCCCl)c1. The molecule has 0 aromatic heterocycles. The zero-order valence-corrected chi connectivity index (χ0v) is 39.0. The Morgan fingerprint density at radius 1 is 0.545 bits per heavy atom. The summed E-state index contributed by atoms with van der Waals surface area (Å²) in [5.74, 6) is -3.14. The van der Waals surface area contributed by atoms with Crippen molar-refractivity contribution < 1.29 is 33.5 Å². The third-order valence-corrected chi connectivity index (χ3v) is 10.6. The first kappa shape index (κ1) is 50.8. The largest absolute Gasteiger partial charge is 0.490 e. The van der Waals surface area contributed by atoms with Gasteiger partial charge in [-0.25, -0.2) is 0 Å². The Labute approximate surface area is 404 Å². The fourth-order valence-electron chi connectivity index (χ4n) is 5.93. The van der Waals surface area contributed by atoms with Crippen LogP contribution in [0.4, 0.5) is 34.1 Å². The zero-order chi connectivity index (χ0) is 47.8. The minimum absolute atomic E-state index is 0.0240. The summed E-state index contributed by atoms with van der Waals surface area (Å²) >= 11 is 30.6. The number of hydrogen-bond donors (Lipinski definition) is 4. The number of azo groups is 2. The van der Waals surface area contributed by atoms with Gasteiger partial charge in [0.1, 0.15) is 23.7 Å². The second-order valence-corrected chi connectivity index (χ2v) is 16.0. The maximum Gasteiger partial charge on any atom is 0.258 e. The maximum atomic E-state index is 13.5. The number of Topliss-reactive ketones (excluding diaryl/α,β-unsaturated/α-hetero) is 2. The summed E-state index contributed by atoms with van der Waals surface area (Å²) in [4.78, 5) is 78.5. The van der Waals surface area contributed by atoms with Crippen LogP contribution < -0.4 is 26.0 Å². The van der Waals surface area contributed by atoms with Crippen LogP contribution in [0.3, 0.4) is 0 Å². The molecule has 5 aromatic carbocycles. The fraction of sp³-hybridized carbons (Fsp3) is 0.217.